The van der Waals surface area contributed by atoms with Crippen LogP contribution in [-0.4, -0.2) is 36.7 Å². The molecule has 0 saturated heterocycles. The van der Waals surface area contributed by atoms with Gasteiger partial charge in [0.1, 0.15) is 12.4 Å². The van der Waals surface area contributed by atoms with Crippen LogP contribution in [0.1, 0.15) is 0 Å². The van der Waals surface area contributed by atoms with Crippen LogP contribution in [0.15, 0.2) is 24.3 Å². The lowest BCUT2D eigenvalue weighted by Gasteiger charge is -2.23. The van der Waals surface area contributed by atoms with E-state index >= 15 is 0 Å². The van der Waals surface area contributed by atoms with Gasteiger partial charge in [-0.3, -0.25) is 0 Å². The Labute approximate surface area is 107 Å². The Balaban J connectivity index is 2.68. The van der Waals surface area contributed by atoms with E-state index in [0.717, 1.165) is 12.1 Å². The average molecular weight is 279 g/mol. The van der Waals surface area contributed by atoms with E-state index in [1.807, 2.05) is 0 Å². The van der Waals surface area contributed by atoms with Gasteiger partial charge in [-0.05, 0) is 24.3 Å². The summed E-state index contributed by atoms with van der Waals surface area (Å²) in [6.07, 6.45) is -4.50. The smallest absolute Gasteiger partial charge is 0.329 e. The Morgan fingerprint density at radius 3 is 2.32 bits per heavy atom. The van der Waals surface area contributed by atoms with Crippen LogP contribution in [0.5, 0.6) is 0 Å². The fraction of sp³-hybridized carbons (Fsp3) is 0.364. The minimum Gasteiger partial charge on any atom is -0.329 e. The van der Waals surface area contributed by atoms with Crippen molar-refractivity contribution >= 4 is 11.7 Å². The minimum absolute atomic E-state index is 0.0904. The van der Waals surface area contributed by atoms with Gasteiger partial charge in [-0.2, -0.15) is 13.2 Å². The van der Waals surface area contributed by atoms with Crippen molar-refractivity contribution < 1.29 is 22.4 Å². The zero-order valence-corrected chi connectivity index (χ0v) is 9.88. The van der Waals surface area contributed by atoms with Gasteiger partial charge in [-0.1, -0.05) is 0 Å². The predicted octanol–water partition coefficient (Wildman–Crippen LogP) is 2.18. The number of hydrogen-bond donors (Lipinski definition) is 2. The number of anilines is 1. The zero-order valence-electron chi connectivity index (χ0n) is 9.88. The van der Waals surface area contributed by atoms with E-state index in [1.54, 1.807) is 0 Å². The predicted molar refractivity (Wildman–Crippen MR) is 62.1 cm³/mol. The molecule has 0 bridgehead atoms. The molecule has 0 saturated carbocycles. The van der Waals surface area contributed by atoms with Gasteiger partial charge in [0.15, 0.2) is 0 Å². The normalized spacial score (nSPS) is 11.2. The number of carbonyl (C=O) groups excluding carboxylic acids is 1. The Kier molecular flexibility index (Phi) is 5.11. The second kappa shape index (κ2) is 6.37. The molecule has 0 aromatic heterocycles. The van der Waals surface area contributed by atoms with Crippen molar-refractivity contribution in [2.24, 2.45) is 5.73 Å². The third-order valence-corrected chi connectivity index (χ3v) is 2.15. The van der Waals surface area contributed by atoms with E-state index in [1.165, 1.54) is 12.1 Å². The van der Waals surface area contributed by atoms with Crippen LogP contribution < -0.4 is 11.1 Å². The van der Waals surface area contributed by atoms with Crippen LogP contribution in [-0.2, 0) is 0 Å². The molecule has 8 heteroatoms. The number of nitrogens with one attached hydrogen (secondary N) is 1. The Morgan fingerprint density at radius 2 is 1.84 bits per heavy atom. The highest BCUT2D eigenvalue weighted by Crippen LogP contribution is 2.17. The van der Waals surface area contributed by atoms with Crippen LogP contribution in [0.4, 0.5) is 28.0 Å². The van der Waals surface area contributed by atoms with E-state index in [2.05, 4.69) is 5.32 Å². The summed E-state index contributed by atoms with van der Waals surface area (Å²) < 4.78 is 49.4. The second-order valence-electron chi connectivity index (χ2n) is 3.76. The fourth-order valence-electron chi connectivity index (χ4n) is 1.36. The zero-order chi connectivity index (χ0) is 14.5. The maximum Gasteiger partial charge on any atom is 0.406 e. The monoisotopic (exact) mass is 279 g/mol. The maximum absolute atomic E-state index is 12.6. The Hall–Kier alpha value is -1.83. The third-order valence-electron chi connectivity index (χ3n) is 2.15. The number of nitrogens with two attached hydrogens (primary N) is 1. The summed E-state index contributed by atoms with van der Waals surface area (Å²) >= 11 is 0. The first-order valence-electron chi connectivity index (χ1n) is 5.40. The highest BCUT2D eigenvalue weighted by Gasteiger charge is 2.32. The number of nitrogens with zero attached hydrogens (tertiary/aromatic N) is 1. The Bertz CT molecular complexity index is 419. The fourth-order valence-corrected chi connectivity index (χ4v) is 1.36. The SMILES string of the molecule is NCCN(CC(F)(F)F)C(=O)Nc1ccc(F)cc1. The molecule has 0 unspecified atom stereocenters. The molecule has 0 atom stereocenters. The van der Waals surface area contributed by atoms with Crippen molar-refractivity contribution in [2.45, 2.75) is 6.18 Å². The lowest BCUT2D eigenvalue weighted by atomic mass is 10.3. The minimum atomic E-state index is -4.50. The number of carbonyl (C=O) groups is 1. The molecule has 0 fully saturated rings. The number of halogens is 4. The molecule has 0 aliphatic carbocycles. The van der Waals surface area contributed by atoms with Crippen molar-refractivity contribution in [3.63, 3.8) is 0 Å². The van der Waals surface area contributed by atoms with Crippen LogP contribution >= 0.6 is 0 Å². The van der Waals surface area contributed by atoms with Gasteiger partial charge in [0.2, 0.25) is 0 Å². The molecule has 19 heavy (non-hydrogen) atoms. The number of hydrogen-bond acceptors (Lipinski definition) is 2. The number of rotatable bonds is 4. The number of amides is 2. The van der Waals surface area contributed by atoms with Gasteiger partial charge in [-0.15, -0.1) is 0 Å². The molecule has 1 aromatic rings. The number of urea groups is 1. The van der Waals surface area contributed by atoms with E-state index in [9.17, 15) is 22.4 Å². The van der Waals surface area contributed by atoms with Crippen molar-refractivity contribution in [1.29, 1.82) is 0 Å². The molecule has 0 radical (unpaired) electrons. The van der Waals surface area contributed by atoms with Gasteiger partial charge in [0.25, 0.3) is 0 Å². The van der Waals surface area contributed by atoms with Crippen molar-refractivity contribution in [2.75, 3.05) is 25.0 Å². The number of alkyl halides is 3. The first-order chi connectivity index (χ1) is 8.81. The first-order valence-corrected chi connectivity index (χ1v) is 5.40. The molecule has 0 aliphatic rings. The summed E-state index contributed by atoms with van der Waals surface area (Å²) in [5.41, 5.74) is 5.36. The van der Waals surface area contributed by atoms with Crippen molar-refractivity contribution in [1.82, 2.24) is 4.90 Å². The summed E-state index contributed by atoms with van der Waals surface area (Å²) in [7, 11) is 0. The quantitative estimate of drug-likeness (QED) is 0.830. The van der Waals surface area contributed by atoms with Crippen molar-refractivity contribution in [3.8, 4) is 0 Å². The van der Waals surface area contributed by atoms with E-state index in [4.69, 9.17) is 5.73 Å². The highest BCUT2D eigenvalue weighted by atomic mass is 19.4. The lowest BCUT2D eigenvalue weighted by molar-refractivity contribution is -0.139. The summed E-state index contributed by atoms with van der Waals surface area (Å²) in [5.74, 6) is -0.507. The largest absolute Gasteiger partial charge is 0.406 e. The summed E-state index contributed by atoms with van der Waals surface area (Å²) in [5, 5.41) is 2.24. The van der Waals surface area contributed by atoms with Gasteiger partial charge in [0.05, 0.1) is 0 Å². The maximum atomic E-state index is 12.6. The first kappa shape index (κ1) is 15.2. The standard InChI is InChI=1S/C11H13F4N3O/c12-8-1-3-9(4-2-8)17-10(19)18(6-5-16)7-11(13,14)15/h1-4H,5-7,16H2,(H,17,19). The summed E-state index contributed by atoms with van der Waals surface area (Å²) in [6, 6.07) is 3.75. The van der Waals surface area contributed by atoms with E-state index in [0.29, 0.717) is 4.90 Å². The van der Waals surface area contributed by atoms with E-state index in [-0.39, 0.29) is 18.8 Å². The highest BCUT2D eigenvalue weighted by molar-refractivity contribution is 5.89. The molecule has 3 N–H and O–H groups in total. The van der Waals surface area contributed by atoms with Crippen LogP contribution in [0.3, 0.4) is 0 Å². The third kappa shape index (κ3) is 5.56. The van der Waals surface area contributed by atoms with Gasteiger partial charge in [0, 0.05) is 18.8 Å². The lowest BCUT2D eigenvalue weighted by Crippen LogP contribution is -2.43. The topological polar surface area (TPSA) is 58.4 Å². The molecule has 2 amide bonds. The van der Waals surface area contributed by atoms with Crippen LogP contribution in [0.25, 0.3) is 0 Å². The Morgan fingerprint density at radius 1 is 1.26 bits per heavy atom. The number of benzene rings is 1. The molecule has 0 heterocycles. The molecular weight excluding hydrogens is 266 g/mol. The van der Waals surface area contributed by atoms with Crippen LogP contribution in [0.2, 0.25) is 0 Å². The molecule has 0 aliphatic heterocycles. The molecule has 1 rings (SSSR count). The molecule has 106 valence electrons. The van der Waals surface area contributed by atoms with Crippen LogP contribution in [0, 0.1) is 5.82 Å². The van der Waals surface area contributed by atoms with E-state index < -0.39 is 24.6 Å². The van der Waals surface area contributed by atoms with Gasteiger partial charge in [-0.25, -0.2) is 9.18 Å². The average Bonchev–Trinajstić information content (AvgIpc) is 2.30. The van der Waals surface area contributed by atoms with Crippen molar-refractivity contribution in [3.05, 3.63) is 30.1 Å². The second-order valence-corrected chi connectivity index (χ2v) is 3.76. The van der Waals surface area contributed by atoms with Gasteiger partial charge < -0.3 is 16.0 Å². The molecular formula is C11H13F4N3O. The molecule has 1 aromatic carbocycles. The molecule has 0 spiro atoms. The van der Waals surface area contributed by atoms with Gasteiger partial charge >= 0.3 is 12.2 Å². The molecule has 4 nitrogen and oxygen atoms in total. The summed E-state index contributed by atoms with van der Waals surface area (Å²) in [4.78, 5) is 12.2. The summed E-state index contributed by atoms with van der Waals surface area (Å²) in [6.45, 7) is -1.71.